The number of carboxylic acids is 1. The van der Waals surface area contributed by atoms with Crippen LogP contribution in [-0.4, -0.2) is 34.5 Å². The predicted octanol–water partition coefficient (Wildman–Crippen LogP) is 4.96. The van der Waals surface area contributed by atoms with Crippen molar-refractivity contribution in [3.63, 3.8) is 0 Å². The maximum Gasteiger partial charge on any atom is 0.317 e. The first-order chi connectivity index (χ1) is 14.3. The number of carbonyl (C=O) groups excluding carboxylic acids is 1. The van der Waals surface area contributed by atoms with Crippen LogP contribution >= 0.6 is 23.2 Å². The van der Waals surface area contributed by atoms with Gasteiger partial charge in [-0.05, 0) is 55.0 Å². The van der Waals surface area contributed by atoms with Crippen LogP contribution in [0.5, 0.6) is 0 Å². The zero-order valence-electron chi connectivity index (χ0n) is 16.7. The molecule has 7 heteroatoms. The van der Waals surface area contributed by atoms with Crippen LogP contribution in [-0.2, 0) is 21.5 Å². The number of carboxylic acid groups (broad SMARTS) is 1. The van der Waals surface area contributed by atoms with Crippen LogP contribution in [0.25, 0.3) is 0 Å². The molecule has 30 heavy (non-hydrogen) atoms. The van der Waals surface area contributed by atoms with Crippen molar-refractivity contribution in [1.82, 2.24) is 4.90 Å². The zero-order chi connectivity index (χ0) is 21.5. The van der Waals surface area contributed by atoms with E-state index >= 15 is 0 Å². The summed E-state index contributed by atoms with van der Waals surface area (Å²) in [4.78, 5) is 27.4. The summed E-state index contributed by atoms with van der Waals surface area (Å²) in [5.74, 6) is -0.681. The van der Waals surface area contributed by atoms with Gasteiger partial charge in [-0.15, -0.1) is 0 Å². The smallest absolute Gasteiger partial charge is 0.317 e. The Balaban J connectivity index is 1.88. The Labute approximate surface area is 186 Å². The third kappa shape index (κ3) is 3.82. The number of carbonyl (C=O) groups is 2. The van der Waals surface area contributed by atoms with E-state index in [-0.39, 0.29) is 18.5 Å². The van der Waals surface area contributed by atoms with Crippen LogP contribution in [0.1, 0.15) is 37.3 Å². The summed E-state index contributed by atoms with van der Waals surface area (Å²) >= 11 is 12.4. The molecule has 1 saturated carbocycles. The molecule has 158 valence electrons. The second kappa shape index (κ2) is 8.22. The molecule has 1 amide bonds. The number of hydrogen-bond donors (Lipinski definition) is 2. The van der Waals surface area contributed by atoms with Gasteiger partial charge in [-0.2, -0.15) is 0 Å². The fraction of sp³-hybridized carbons (Fsp3) is 0.391. The molecule has 2 aromatic rings. The number of anilines is 1. The number of fused-ring (bicyclic) bond motifs is 1. The lowest BCUT2D eigenvalue weighted by Crippen LogP contribution is -2.57. The van der Waals surface area contributed by atoms with E-state index < -0.39 is 11.5 Å². The highest BCUT2D eigenvalue weighted by Gasteiger charge is 2.54. The molecule has 1 aliphatic carbocycles. The Bertz CT molecular complexity index is 996. The highest BCUT2D eigenvalue weighted by molar-refractivity contribution is 6.31. The molecule has 1 heterocycles. The van der Waals surface area contributed by atoms with Crippen molar-refractivity contribution in [3.8, 4) is 0 Å². The van der Waals surface area contributed by atoms with Gasteiger partial charge in [-0.1, -0.05) is 48.3 Å². The lowest BCUT2D eigenvalue weighted by molar-refractivity contribution is -0.144. The standard InChI is InChI=1S/C23H24Cl2N2O3/c1-14-5-7-18(9-14)27(13-21(28)29)23(12-15-3-2-4-16(24)10-15)19-8-6-17(25)11-20(19)26-22(23)30/h2-4,6,8,10-11,14,18H,5,7,9,12-13H2,1H3,(H,26,30)(H,28,29)/t14-,18?,23?/m1/s1. The van der Waals surface area contributed by atoms with Crippen molar-refractivity contribution in [1.29, 1.82) is 0 Å². The molecule has 2 unspecified atom stereocenters. The molecule has 1 aliphatic heterocycles. The van der Waals surface area contributed by atoms with Crippen LogP contribution < -0.4 is 5.32 Å². The Morgan fingerprint density at radius 3 is 2.63 bits per heavy atom. The molecule has 1 fully saturated rings. The predicted molar refractivity (Wildman–Crippen MR) is 118 cm³/mol. The van der Waals surface area contributed by atoms with E-state index in [2.05, 4.69) is 12.2 Å². The first-order valence-electron chi connectivity index (χ1n) is 10.1. The summed E-state index contributed by atoms with van der Waals surface area (Å²) in [6.45, 7) is 1.96. The SMILES string of the molecule is C[C@@H]1CCC(N(CC(=O)O)C2(Cc3cccc(Cl)c3)C(=O)Nc3cc(Cl)ccc32)C1. The van der Waals surface area contributed by atoms with Crippen LogP contribution in [0.4, 0.5) is 5.69 Å². The molecule has 0 bridgehead atoms. The van der Waals surface area contributed by atoms with E-state index in [9.17, 15) is 14.7 Å². The van der Waals surface area contributed by atoms with E-state index in [1.807, 2.05) is 29.2 Å². The fourth-order valence-electron chi connectivity index (χ4n) is 5.01. The molecule has 0 radical (unpaired) electrons. The number of nitrogens with zero attached hydrogens (tertiary/aromatic N) is 1. The van der Waals surface area contributed by atoms with Crippen molar-refractivity contribution in [3.05, 3.63) is 63.6 Å². The number of halogens is 2. The molecule has 2 N–H and O–H groups in total. The van der Waals surface area contributed by atoms with Gasteiger partial charge in [0.15, 0.2) is 0 Å². The zero-order valence-corrected chi connectivity index (χ0v) is 18.2. The van der Waals surface area contributed by atoms with Crippen molar-refractivity contribution in [2.75, 3.05) is 11.9 Å². The molecular formula is C23H24Cl2N2O3. The topological polar surface area (TPSA) is 69.6 Å². The lowest BCUT2D eigenvalue weighted by atomic mass is 9.81. The van der Waals surface area contributed by atoms with Crippen LogP contribution in [0.2, 0.25) is 10.0 Å². The average molecular weight is 447 g/mol. The third-order valence-electron chi connectivity index (χ3n) is 6.30. The highest BCUT2D eigenvalue weighted by atomic mass is 35.5. The van der Waals surface area contributed by atoms with Gasteiger partial charge in [-0.3, -0.25) is 14.5 Å². The number of hydrogen-bond acceptors (Lipinski definition) is 3. The summed E-state index contributed by atoms with van der Waals surface area (Å²) < 4.78 is 0. The molecule has 2 aliphatic rings. The summed E-state index contributed by atoms with van der Waals surface area (Å²) in [5.41, 5.74) is 1.13. The monoisotopic (exact) mass is 446 g/mol. The van der Waals surface area contributed by atoms with E-state index in [1.165, 1.54) is 0 Å². The van der Waals surface area contributed by atoms with Gasteiger partial charge in [0.25, 0.3) is 0 Å². The van der Waals surface area contributed by atoms with Crippen molar-refractivity contribution < 1.29 is 14.7 Å². The quantitative estimate of drug-likeness (QED) is 0.657. The largest absolute Gasteiger partial charge is 0.480 e. The molecule has 0 aromatic heterocycles. The Morgan fingerprint density at radius 1 is 1.20 bits per heavy atom. The minimum atomic E-state index is -1.14. The highest BCUT2D eigenvalue weighted by Crippen LogP contribution is 2.47. The number of rotatable bonds is 6. The number of aliphatic carboxylic acids is 1. The Kier molecular flexibility index (Phi) is 5.80. The van der Waals surface area contributed by atoms with Gasteiger partial charge < -0.3 is 10.4 Å². The first kappa shape index (κ1) is 21.2. The Hall–Kier alpha value is -2.08. The second-order valence-corrected chi connectivity index (χ2v) is 9.28. The van der Waals surface area contributed by atoms with E-state index in [4.69, 9.17) is 23.2 Å². The van der Waals surface area contributed by atoms with Crippen molar-refractivity contribution >= 4 is 40.8 Å². The molecule has 3 atom stereocenters. The molecule has 2 aromatic carbocycles. The van der Waals surface area contributed by atoms with Gasteiger partial charge in [0.05, 0.1) is 6.54 Å². The molecule has 5 nitrogen and oxygen atoms in total. The lowest BCUT2D eigenvalue weighted by Gasteiger charge is -2.43. The molecular weight excluding hydrogens is 423 g/mol. The first-order valence-corrected chi connectivity index (χ1v) is 10.9. The van der Waals surface area contributed by atoms with Gasteiger partial charge in [0.1, 0.15) is 5.54 Å². The Morgan fingerprint density at radius 2 is 1.97 bits per heavy atom. The number of benzene rings is 2. The van der Waals surface area contributed by atoms with Gasteiger partial charge >= 0.3 is 5.97 Å². The van der Waals surface area contributed by atoms with E-state index in [0.717, 1.165) is 30.4 Å². The maximum atomic E-state index is 13.6. The second-order valence-electron chi connectivity index (χ2n) is 8.40. The number of nitrogens with one attached hydrogen (secondary N) is 1. The average Bonchev–Trinajstić information content (AvgIpc) is 3.21. The summed E-state index contributed by atoms with van der Waals surface area (Å²) in [6, 6.07) is 12.7. The number of amides is 1. The van der Waals surface area contributed by atoms with Crippen LogP contribution in [0.15, 0.2) is 42.5 Å². The van der Waals surface area contributed by atoms with E-state index in [0.29, 0.717) is 28.1 Å². The molecule has 0 spiro atoms. The van der Waals surface area contributed by atoms with Crippen LogP contribution in [0.3, 0.4) is 0 Å². The van der Waals surface area contributed by atoms with Gasteiger partial charge in [0, 0.05) is 33.8 Å². The minimum Gasteiger partial charge on any atom is -0.480 e. The maximum absolute atomic E-state index is 13.6. The van der Waals surface area contributed by atoms with Gasteiger partial charge in [0.2, 0.25) is 5.91 Å². The minimum absolute atomic E-state index is 0.00247. The normalized spacial score (nSPS) is 25.4. The summed E-state index contributed by atoms with van der Waals surface area (Å²) in [6.07, 6.45) is 3.07. The molecule has 4 rings (SSSR count). The fourth-order valence-corrected chi connectivity index (χ4v) is 5.40. The van der Waals surface area contributed by atoms with Crippen LogP contribution in [0, 0.1) is 5.92 Å². The van der Waals surface area contributed by atoms with E-state index in [1.54, 1.807) is 18.2 Å². The third-order valence-corrected chi connectivity index (χ3v) is 6.77. The van der Waals surface area contributed by atoms with Gasteiger partial charge in [-0.25, -0.2) is 0 Å². The van der Waals surface area contributed by atoms with Crippen molar-refractivity contribution in [2.24, 2.45) is 5.92 Å². The summed E-state index contributed by atoms with van der Waals surface area (Å²) in [5, 5.41) is 13.8. The van der Waals surface area contributed by atoms with Crippen molar-refractivity contribution in [2.45, 2.75) is 44.2 Å². The summed E-state index contributed by atoms with van der Waals surface area (Å²) in [7, 11) is 0. The molecule has 0 saturated heterocycles.